The van der Waals surface area contributed by atoms with E-state index in [1.165, 1.54) is 0 Å². The Kier molecular flexibility index (Phi) is 8.70. The van der Waals surface area contributed by atoms with Gasteiger partial charge in [0.15, 0.2) is 29.2 Å². The van der Waals surface area contributed by atoms with Crippen LogP contribution in [-0.4, -0.2) is 30.1 Å². The quantitative estimate of drug-likeness (QED) is 0.324. The molecule has 3 N–H and O–H groups in total. The molecule has 0 radical (unpaired) electrons. The number of guanidine groups is 1. The van der Waals surface area contributed by atoms with Gasteiger partial charge in [-0.25, -0.2) is 18.2 Å². The number of carbonyl (C=O) groups excluding carboxylic acids is 1. The maximum Gasteiger partial charge on any atom is 0.246 e. The predicted octanol–water partition coefficient (Wildman–Crippen LogP) is 3.69. The van der Waals surface area contributed by atoms with Crippen LogP contribution in [0.15, 0.2) is 27.7 Å². The smallest absolute Gasteiger partial charge is 0.246 e. The average molecular weight is 425 g/mol. The summed E-state index contributed by atoms with van der Waals surface area (Å²) in [6, 6.07) is 3.56. The third-order valence-corrected chi connectivity index (χ3v) is 4.45. The summed E-state index contributed by atoms with van der Waals surface area (Å²) in [5.74, 6) is -3.84. The van der Waals surface area contributed by atoms with Gasteiger partial charge in [-0.05, 0) is 31.9 Å². The lowest BCUT2D eigenvalue weighted by Crippen LogP contribution is -2.37. The molecule has 0 fully saturated rings. The van der Waals surface area contributed by atoms with Crippen LogP contribution in [0.2, 0.25) is 0 Å². The van der Waals surface area contributed by atoms with Gasteiger partial charge in [0.1, 0.15) is 6.54 Å². The van der Waals surface area contributed by atoms with Gasteiger partial charge in [0.05, 0.1) is 17.9 Å². The molecule has 0 unspecified atom stereocenters. The maximum atomic E-state index is 13.7. The van der Waals surface area contributed by atoms with E-state index in [4.69, 9.17) is 4.52 Å². The summed E-state index contributed by atoms with van der Waals surface area (Å²) in [7, 11) is 0. The van der Waals surface area contributed by atoms with Gasteiger partial charge < -0.3 is 20.5 Å². The van der Waals surface area contributed by atoms with E-state index in [9.17, 15) is 18.0 Å². The van der Waals surface area contributed by atoms with Crippen LogP contribution >= 0.6 is 0 Å². The first kappa shape index (κ1) is 23.2. The highest BCUT2D eigenvalue weighted by Crippen LogP contribution is 2.22. The van der Waals surface area contributed by atoms with Gasteiger partial charge in [0.2, 0.25) is 5.91 Å². The lowest BCUT2D eigenvalue weighted by molar-refractivity contribution is -0.114. The van der Waals surface area contributed by atoms with Gasteiger partial charge in [-0.1, -0.05) is 19.0 Å². The second-order valence-electron chi connectivity index (χ2n) is 6.55. The molecule has 0 saturated carbocycles. The first-order chi connectivity index (χ1) is 14.4. The number of benzene rings is 1. The molecule has 0 aliphatic heterocycles. The second-order valence-corrected chi connectivity index (χ2v) is 6.55. The summed E-state index contributed by atoms with van der Waals surface area (Å²) in [5, 5.41) is 12.2. The Morgan fingerprint density at radius 3 is 2.53 bits per heavy atom. The average Bonchev–Trinajstić information content (AvgIpc) is 3.20. The van der Waals surface area contributed by atoms with Crippen molar-refractivity contribution in [1.82, 2.24) is 15.8 Å². The Morgan fingerprint density at radius 1 is 1.13 bits per heavy atom. The van der Waals surface area contributed by atoms with E-state index >= 15 is 0 Å². The predicted molar refractivity (Wildman–Crippen MR) is 108 cm³/mol. The molecule has 10 heteroatoms. The molecular formula is C20H26F3N5O2. The Morgan fingerprint density at radius 2 is 1.87 bits per heavy atom. The SMILES string of the molecule is CCNC(=NCC(=O)Nc1ccc(F)c(F)c1F)NCc1cc(C(CC)CC)no1. The molecule has 0 aliphatic rings. The minimum Gasteiger partial charge on any atom is -0.359 e. The standard InChI is InChI=1S/C20H26F3N5O2/c1-4-12(5-2)16-9-13(30-28-16)10-25-20(24-6-3)26-11-17(29)27-15-8-7-14(21)18(22)19(15)23/h7-9,12H,4-6,10-11H2,1-3H3,(H,27,29)(H2,24,25,26). The fourth-order valence-electron chi connectivity index (χ4n) is 2.79. The van der Waals surface area contributed by atoms with Crippen molar-refractivity contribution in [3.05, 3.63) is 47.1 Å². The molecule has 0 atom stereocenters. The van der Waals surface area contributed by atoms with Crippen LogP contribution in [0.5, 0.6) is 0 Å². The third kappa shape index (κ3) is 6.23. The summed E-state index contributed by atoms with van der Waals surface area (Å²) in [6.45, 7) is 6.53. The zero-order valence-corrected chi connectivity index (χ0v) is 17.2. The fourth-order valence-corrected chi connectivity index (χ4v) is 2.79. The number of aliphatic imine (C=N–C) groups is 1. The van der Waals surface area contributed by atoms with Crippen LogP contribution < -0.4 is 16.0 Å². The number of aromatic nitrogens is 1. The number of carbonyl (C=O) groups is 1. The fraction of sp³-hybridized carbons (Fsp3) is 0.450. The monoisotopic (exact) mass is 425 g/mol. The molecule has 2 rings (SSSR count). The van der Waals surface area contributed by atoms with Gasteiger partial charge >= 0.3 is 0 Å². The molecule has 1 amide bonds. The first-order valence-electron chi connectivity index (χ1n) is 9.80. The minimum absolute atomic E-state index is 0.304. The molecule has 7 nitrogen and oxygen atoms in total. The Bertz CT molecular complexity index is 881. The summed E-state index contributed by atoms with van der Waals surface area (Å²) in [5.41, 5.74) is 0.439. The van der Waals surface area contributed by atoms with E-state index in [2.05, 4.69) is 39.9 Å². The molecule has 0 saturated heterocycles. The number of nitrogens with one attached hydrogen (secondary N) is 3. The zero-order chi connectivity index (χ0) is 22.1. The van der Waals surface area contributed by atoms with Gasteiger partial charge in [-0.15, -0.1) is 0 Å². The Hall–Kier alpha value is -3.04. The van der Waals surface area contributed by atoms with Crippen LogP contribution in [0.1, 0.15) is 51.0 Å². The highest BCUT2D eigenvalue weighted by molar-refractivity contribution is 5.94. The van der Waals surface area contributed by atoms with Crippen LogP contribution in [0.3, 0.4) is 0 Å². The summed E-state index contributed by atoms with van der Waals surface area (Å²) < 4.78 is 45.2. The molecular weight excluding hydrogens is 399 g/mol. The normalized spacial score (nSPS) is 11.6. The maximum absolute atomic E-state index is 13.7. The number of halogens is 3. The molecule has 1 aromatic heterocycles. The highest BCUT2D eigenvalue weighted by Gasteiger charge is 2.16. The van der Waals surface area contributed by atoms with Crippen molar-refractivity contribution in [2.75, 3.05) is 18.4 Å². The lowest BCUT2D eigenvalue weighted by Gasteiger charge is -2.10. The topological polar surface area (TPSA) is 91.5 Å². The molecule has 2 aromatic rings. The van der Waals surface area contributed by atoms with Crippen LogP contribution in [0.4, 0.5) is 18.9 Å². The number of nitrogens with zero attached hydrogens (tertiary/aromatic N) is 2. The molecule has 0 aliphatic carbocycles. The second kappa shape index (κ2) is 11.2. The van der Waals surface area contributed by atoms with Crippen molar-refractivity contribution in [1.29, 1.82) is 0 Å². The number of amides is 1. The summed E-state index contributed by atoms with van der Waals surface area (Å²) in [4.78, 5) is 16.1. The number of hydrogen-bond acceptors (Lipinski definition) is 4. The number of hydrogen-bond donors (Lipinski definition) is 3. The van der Waals surface area contributed by atoms with E-state index < -0.39 is 29.0 Å². The van der Waals surface area contributed by atoms with Gasteiger partial charge in [0.25, 0.3) is 0 Å². The highest BCUT2D eigenvalue weighted by atomic mass is 19.2. The van der Waals surface area contributed by atoms with E-state index in [-0.39, 0.29) is 6.54 Å². The van der Waals surface area contributed by atoms with Gasteiger partial charge in [0, 0.05) is 18.5 Å². The molecule has 1 aromatic carbocycles. The molecule has 30 heavy (non-hydrogen) atoms. The summed E-state index contributed by atoms with van der Waals surface area (Å²) >= 11 is 0. The lowest BCUT2D eigenvalue weighted by atomic mass is 9.99. The van der Waals surface area contributed by atoms with Crippen molar-refractivity contribution in [2.45, 2.75) is 46.1 Å². The van der Waals surface area contributed by atoms with Crippen molar-refractivity contribution < 1.29 is 22.5 Å². The molecule has 0 spiro atoms. The molecule has 164 valence electrons. The Balaban J connectivity index is 1.95. The van der Waals surface area contributed by atoms with E-state index in [1.807, 2.05) is 13.0 Å². The van der Waals surface area contributed by atoms with Crippen molar-refractivity contribution in [3.8, 4) is 0 Å². The molecule has 0 bridgehead atoms. The van der Waals surface area contributed by atoms with Crippen LogP contribution in [-0.2, 0) is 11.3 Å². The number of anilines is 1. The third-order valence-electron chi connectivity index (χ3n) is 4.45. The van der Waals surface area contributed by atoms with Gasteiger partial charge in [-0.3, -0.25) is 4.79 Å². The van der Waals surface area contributed by atoms with E-state index in [0.717, 1.165) is 30.7 Å². The van der Waals surface area contributed by atoms with Gasteiger partial charge in [-0.2, -0.15) is 0 Å². The largest absolute Gasteiger partial charge is 0.359 e. The van der Waals surface area contributed by atoms with E-state index in [0.29, 0.717) is 30.7 Å². The van der Waals surface area contributed by atoms with Crippen LogP contribution in [0, 0.1) is 17.5 Å². The van der Waals surface area contributed by atoms with Crippen LogP contribution in [0.25, 0.3) is 0 Å². The summed E-state index contributed by atoms with van der Waals surface area (Å²) in [6.07, 6.45) is 1.93. The molecule has 1 heterocycles. The minimum atomic E-state index is -1.65. The number of rotatable bonds is 9. The van der Waals surface area contributed by atoms with E-state index in [1.54, 1.807) is 0 Å². The van der Waals surface area contributed by atoms with Crippen molar-refractivity contribution in [2.24, 2.45) is 4.99 Å². The zero-order valence-electron chi connectivity index (χ0n) is 17.2. The Labute approximate surface area is 173 Å². The first-order valence-corrected chi connectivity index (χ1v) is 9.80. The van der Waals surface area contributed by atoms with Crippen molar-refractivity contribution >= 4 is 17.6 Å². The van der Waals surface area contributed by atoms with Crippen molar-refractivity contribution in [3.63, 3.8) is 0 Å².